The first-order chi connectivity index (χ1) is 8.97. The Labute approximate surface area is 114 Å². The molecule has 20 heavy (non-hydrogen) atoms. The van der Waals surface area contributed by atoms with E-state index < -0.39 is 30.3 Å². The maximum atomic E-state index is 11.9. The van der Waals surface area contributed by atoms with Crippen molar-refractivity contribution in [2.45, 2.75) is 32.5 Å². The molecule has 0 fully saturated rings. The Morgan fingerprint density at radius 3 is 2.15 bits per heavy atom. The number of aliphatic hydroxyl groups excluding tert-OH is 1. The van der Waals surface area contributed by atoms with Crippen LogP contribution in [0.3, 0.4) is 0 Å². The molecule has 0 heterocycles. The van der Waals surface area contributed by atoms with Gasteiger partial charge in [-0.15, -0.1) is 0 Å². The zero-order valence-corrected chi connectivity index (χ0v) is 11.6. The number of rotatable bonds is 5. The van der Waals surface area contributed by atoms with Crippen LogP contribution in [0.25, 0.3) is 0 Å². The number of alkyl halides is 3. The van der Waals surface area contributed by atoms with Gasteiger partial charge in [0.15, 0.2) is 0 Å². The number of nitrogens with one attached hydrogen (secondary N) is 1. The number of carbonyl (C=O) groups excluding carboxylic acids is 2. The lowest BCUT2D eigenvalue weighted by Crippen LogP contribution is -2.45. The van der Waals surface area contributed by atoms with Gasteiger partial charge in [0.05, 0.1) is 6.61 Å². The van der Waals surface area contributed by atoms with Crippen LogP contribution in [0.1, 0.15) is 20.8 Å². The van der Waals surface area contributed by atoms with E-state index in [0.717, 1.165) is 4.90 Å². The molecule has 6 nitrogen and oxygen atoms in total. The van der Waals surface area contributed by atoms with Crippen molar-refractivity contribution in [3.8, 4) is 0 Å². The fourth-order valence-corrected chi connectivity index (χ4v) is 1.15. The lowest BCUT2D eigenvalue weighted by atomic mass is 10.2. The Morgan fingerprint density at radius 1 is 1.20 bits per heavy atom. The quantitative estimate of drug-likeness (QED) is 0.790. The highest BCUT2D eigenvalue weighted by atomic mass is 19.4. The van der Waals surface area contributed by atoms with Crippen LogP contribution in [-0.4, -0.2) is 60.0 Å². The molecule has 0 aliphatic carbocycles. The van der Waals surface area contributed by atoms with Gasteiger partial charge in [0, 0.05) is 19.6 Å². The van der Waals surface area contributed by atoms with Crippen LogP contribution in [0.5, 0.6) is 0 Å². The lowest BCUT2D eigenvalue weighted by molar-refractivity contribution is -0.173. The fraction of sp³-hybridized carbons (Fsp3) is 0.818. The standard InChI is InChI=1S/C11H19F3N2O4/c1-10(2,3)20-9(19)16(6-7-17)5-4-15-8(18)11(12,13)14/h17H,4-7H2,1-3H3,(H,15,18). The molecule has 0 aliphatic rings. The molecular weight excluding hydrogens is 281 g/mol. The predicted molar refractivity (Wildman–Crippen MR) is 64.0 cm³/mol. The van der Waals surface area contributed by atoms with Crippen molar-refractivity contribution >= 4 is 12.0 Å². The van der Waals surface area contributed by atoms with Crippen LogP contribution in [0.2, 0.25) is 0 Å². The van der Waals surface area contributed by atoms with Gasteiger partial charge >= 0.3 is 18.2 Å². The fourth-order valence-electron chi connectivity index (χ4n) is 1.15. The molecule has 0 aliphatic heterocycles. The van der Waals surface area contributed by atoms with Crippen LogP contribution < -0.4 is 5.32 Å². The maximum absolute atomic E-state index is 11.9. The first-order valence-electron chi connectivity index (χ1n) is 5.91. The molecule has 118 valence electrons. The number of hydrogen-bond acceptors (Lipinski definition) is 4. The summed E-state index contributed by atoms with van der Waals surface area (Å²) in [6.45, 7) is 3.84. The van der Waals surface area contributed by atoms with E-state index in [-0.39, 0.29) is 19.7 Å². The minimum atomic E-state index is -4.96. The molecule has 0 radical (unpaired) electrons. The van der Waals surface area contributed by atoms with Crippen LogP contribution in [0.4, 0.5) is 18.0 Å². The van der Waals surface area contributed by atoms with E-state index in [9.17, 15) is 22.8 Å². The number of aliphatic hydroxyl groups is 1. The van der Waals surface area contributed by atoms with Crippen molar-refractivity contribution in [3.05, 3.63) is 0 Å². The molecule has 0 aromatic carbocycles. The van der Waals surface area contributed by atoms with E-state index in [1.54, 1.807) is 26.1 Å². The molecule has 0 saturated carbocycles. The van der Waals surface area contributed by atoms with E-state index in [1.165, 1.54) is 0 Å². The molecule has 0 unspecified atom stereocenters. The first-order valence-corrected chi connectivity index (χ1v) is 5.91. The molecule has 9 heteroatoms. The second kappa shape index (κ2) is 7.32. The highest BCUT2D eigenvalue weighted by molar-refractivity contribution is 5.81. The predicted octanol–water partition coefficient (Wildman–Crippen LogP) is 0.894. The summed E-state index contributed by atoms with van der Waals surface area (Å²) in [6, 6.07) is 0. The van der Waals surface area contributed by atoms with Gasteiger partial charge in [-0.25, -0.2) is 4.79 Å². The molecule has 0 bridgehead atoms. The Morgan fingerprint density at radius 2 is 1.75 bits per heavy atom. The van der Waals surface area contributed by atoms with Crippen molar-refractivity contribution in [1.82, 2.24) is 10.2 Å². The topological polar surface area (TPSA) is 78.9 Å². The molecule has 0 saturated heterocycles. The summed E-state index contributed by atoms with van der Waals surface area (Å²) < 4.78 is 40.9. The van der Waals surface area contributed by atoms with Gasteiger partial charge in [0.2, 0.25) is 0 Å². The van der Waals surface area contributed by atoms with E-state index >= 15 is 0 Å². The molecular formula is C11H19F3N2O4. The molecule has 0 atom stereocenters. The monoisotopic (exact) mass is 300 g/mol. The molecule has 0 aromatic heterocycles. The summed E-state index contributed by atoms with van der Waals surface area (Å²) in [5.74, 6) is -2.08. The average molecular weight is 300 g/mol. The summed E-state index contributed by atoms with van der Waals surface area (Å²) in [5.41, 5.74) is -0.764. The smallest absolute Gasteiger partial charge is 0.444 e. The Balaban J connectivity index is 4.35. The summed E-state index contributed by atoms with van der Waals surface area (Å²) in [4.78, 5) is 23.3. The number of amides is 2. The third kappa shape index (κ3) is 7.82. The molecule has 2 amide bonds. The van der Waals surface area contributed by atoms with E-state index in [1.807, 2.05) is 0 Å². The van der Waals surface area contributed by atoms with Gasteiger partial charge in [-0.1, -0.05) is 0 Å². The van der Waals surface area contributed by atoms with Crippen LogP contribution in [0.15, 0.2) is 0 Å². The highest BCUT2D eigenvalue weighted by Crippen LogP contribution is 2.14. The number of halogens is 3. The number of ether oxygens (including phenoxy) is 1. The normalized spacial score (nSPS) is 11.9. The summed E-state index contributed by atoms with van der Waals surface area (Å²) in [5, 5.41) is 10.4. The molecule has 0 aromatic rings. The second-order valence-corrected chi connectivity index (χ2v) is 4.94. The van der Waals surface area contributed by atoms with Crippen molar-refractivity contribution < 1.29 is 32.6 Å². The van der Waals surface area contributed by atoms with Crippen LogP contribution in [0, 0.1) is 0 Å². The third-order valence-corrected chi connectivity index (χ3v) is 1.95. The van der Waals surface area contributed by atoms with E-state index in [4.69, 9.17) is 9.84 Å². The van der Waals surface area contributed by atoms with Gasteiger partial charge in [0.25, 0.3) is 0 Å². The molecule has 0 rings (SSSR count). The van der Waals surface area contributed by atoms with E-state index in [0.29, 0.717) is 0 Å². The van der Waals surface area contributed by atoms with Crippen molar-refractivity contribution in [3.63, 3.8) is 0 Å². The van der Waals surface area contributed by atoms with Crippen LogP contribution >= 0.6 is 0 Å². The summed E-state index contributed by atoms with van der Waals surface area (Å²) in [7, 11) is 0. The number of carbonyl (C=O) groups is 2. The Hall–Kier alpha value is -1.51. The second-order valence-electron chi connectivity index (χ2n) is 4.94. The van der Waals surface area contributed by atoms with Gasteiger partial charge in [0.1, 0.15) is 5.60 Å². The minimum absolute atomic E-state index is 0.100. The summed E-state index contributed by atoms with van der Waals surface area (Å²) >= 11 is 0. The van der Waals surface area contributed by atoms with Crippen molar-refractivity contribution in [1.29, 1.82) is 0 Å². The summed E-state index contributed by atoms with van der Waals surface area (Å²) in [6.07, 6.45) is -5.74. The average Bonchev–Trinajstić information content (AvgIpc) is 2.23. The Kier molecular flexibility index (Phi) is 6.77. The largest absolute Gasteiger partial charge is 0.471 e. The molecule has 0 spiro atoms. The van der Waals surface area contributed by atoms with Crippen molar-refractivity contribution in [2.24, 2.45) is 0 Å². The van der Waals surface area contributed by atoms with Crippen molar-refractivity contribution in [2.75, 3.05) is 26.2 Å². The van der Waals surface area contributed by atoms with Gasteiger partial charge in [-0.3, -0.25) is 4.79 Å². The third-order valence-electron chi connectivity index (χ3n) is 1.95. The van der Waals surface area contributed by atoms with E-state index in [2.05, 4.69) is 0 Å². The first kappa shape index (κ1) is 18.5. The zero-order valence-electron chi connectivity index (χ0n) is 11.6. The Bertz CT molecular complexity index is 340. The van der Waals surface area contributed by atoms with Gasteiger partial charge < -0.3 is 20.1 Å². The van der Waals surface area contributed by atoms with Gasteiger partial charge in [-0.2, -0.15) is 13.2 Å². The number of hydrogen-bond donors (Lipinski definition) is 2. The number of nitrogens with zero attached hydrogens (tertiary/aromatic N) is 1. The minimum Gasteiger partial charge on any atom is -0.444 e. The maximum Gasteiger partial charge on any atom is 0.471 e. The van der Waals surface area contributed by atoms with Crippen LogP contribution in [-0.2, 0) is 9.53 Å². The SMILES string of the molecule is CC(C)(C)OC(=O)N(CCO)CCNC(=O)C(F)(F)F. The molecule has 2 N–H and O–H groups in total. The zero-order chi connectivity index (χ0) is 16.0. The highest BCUT2D eigenvalue weighted by Gasteiger charge is 2.38. The van der Waals surface area contributed by atoms with Gasteiger partial charge in [-0.05, 0) is 20.8 Å². The lowest BCUT2D eigenvalue weighted by Gasteiger charge is -2.27.